The standard InChI is InChI=1S/C17H26N3O9P/c1-3-4-7-26-16(23)10(2)19-30(25)27-8-11-12(9-28-30)29-15(14(11)22)20-6-5-13(21)18-17(20)24/h5-6,10-12,14-15,22H,3-4,7-9H2,1-2H3,(H,19,25)(H,18,21,24)/t10-,11-,12-,14-,15-,30+/m1/s1. The molecule has 6 atom stereocenters. The molecule has 1 aromatic heterocycles. The summed E-state index contributed by atoms with van der Waals surface area (Å²) >= 11 is 0. The first kappa shape index (κ1) is 22.9. The van der Waals surface area contributed by atoms with Crippen LogP contribution in [0.3, 0.4) is 0 Å². The molecule has 168 valence electrons. The van der Waals surface area contributed by atoms with Crippen molar-refractivity contribution in [3.05, 3.63) is 33.1 Å². The largest absolute Gasteiger partial charge is 0.465 e. The van der Waals surface area contributed by atoms with Gasteiger partial charge in [-0.05, 0) is 13.3 Å². The number of unbranched alkanes of at least 4 members (excludes halogenated alkanes) is 1. The SMILES string of the molecule is CCCCOC(=O)[C@@H](C)N[P@]1(=O)OC[C@H]2[C@@H](O)[C@H](n3ccc(=O)[nH]c3=O)O[C@@H]2CO1. The van der Waals surface area contributed by atoms with E-state index in [1.165, 1.54) is 13.1 Å². The maximum atomic E-state index is 12.9. The first-order valence-corrected chi connectivity index (χ1v) is 11.3. The number of H-pyrrole nitrogens is 1. The number of esters is 1. The number of nitrogens with one attached hydrogen (secondary N) is 2. The number of aromatic amines is 1. The lowest BCUT2D eigenvalue weighted by molar-refractivity contribution is -0.145. The topological polar surface area (TPSA) is 158 Å². The third kappa shape index (κ3) is 5.08. The summed E-state index contributed by atoms with van der Waals surface area (Å²) in [5, 5.41) is 13.1. The van der Waals surface area contributed by atoms with Crippen molar-refractivity contribution < 1.29 is 33.0 Å². The Balaban J connectivity index is 1.63. The molecule has 0 radical (unpaired) electrons. The van der Waals surface area contributed by atoms with Gasteiger partial charge in [0.25, 0.3) is 5.56 Å². The average molecular weight is 447 g/mol. The zero-order valence-corrected chi connectivity index (χ0v) is 17.6. The van der Waals surface area contributed by atoms with E-state index in [4.69, 9.17) is 18.5 Å². The fourth-order valence-corrected chi connectivity index (χ4v) is 4.73. The predicted octanol–water partition coefficient (Wildman–Crippen LogP) is -0.113. The van der Waals surface area contributed by atoms with Crippen molar-refractivity contribution in [2.45, 2.75) is 51.2 Å². The molecule has 0 aromatic carbocycles. The lowest BCUT2D eigenvalue weighted by atomic mass is 9.99. The van der Waals surface area contributed by atoms with Gasteiger partial charge in [-0.25, -0.2) is 14.4 Å². The highest BCUT2D eigenvalue weighted by molar-refractivity contribution is 7.51. The molecule has 0 aliphatic carbocycles. The van der Waals surface area contributed by atoms with Gasteiger partial charge < -0.3 is 14.6 Å². The van der Waals surface area contributed by atoms with Crippen LogP contribution >= 0.6 is 7.75 Å². The van der Waals surface area contributed by atoms with Crippen LogP contribution in [0.5, 0.6) is 0 Å². The summed E-state index contributed by atoms with van der Waals surface area (Å²) < 4.78 is 35.5. The van der Waals surface area contributed by atoms with Crippen LogP contribution in [0, 0.1) is 5.92 Å². The minimum atomic E-state index is -3.85. The molecule has 3 rings (SSSR count). The van der Waals surface area contributed by atoms with Gasteiger partial charge in [-0.1, -0.05) is 13.3 Å². The molecule has 2 fully saturated rings. The Morgan fingerprint density at radius 1 is 1.43 bits per heavy atom. The fourth-order valence-electron chi connectivity index (χ4n) is 3.22. The van der Waals surface area contributed by atoms with Crippen LogP contribution in [0.2, 0.25) is 0 Å². The van der Waals surface area contributed by atoms with Crippen molar-refractivity contribution in [3.63, 3.8) is 0 Å². The third-order valence-electron chi connectivity index (χ3n) is 4.94. The second-order valence-corrected chi connectivity index (χ2v) is 8.97. The Morgan fingerprint density at radius 3 is 2.87 bits per heavy atom. The smallest absolute Gasteiger partial charge is 0.406 e. The highest BCUT2D eigenvalue weighted by atomic mass is 31.2. The second kappa shape index (κ2) is 9.54. The summed E-state index contributed by atoms with van der Waals surface area (Å²) in [7, 11) is -3.85. The van der Waals surface area contributed by atoms with Crippen molar-refractivity contribution in [1.82, 2.24) is 14.6 Å². The zero-order valence-electron chi connectivity index (χ0n) is 16.7. The summed E-state index contributed by atoms with van der Waals surface area (Å²) in [5.41, 5.74) is -1.30. The van der Waals surface area contributed by atoms with Gasteiger partial charge in [-0.3, -0.25) is 28.2 Å². The van der Waals surface area contributed by atoms with Crippen molar-refractivity contribution in [1.29, 1.82) is 0 Å². The van der Waals surface area contributed by atoms with Crippen molar-refractivity contribution in [2.75, 3.05) is 19.8 Å². The highest BCUT2D eigenvalue weighted by Crippen LogP contribution is 2.50. The fraction of sp³-hybridized carbons (Fsp3) is 0.706. The Morgan fingerprint density at radius 2 is 2.17 bits per heavy atom. The molecular formula is C17H26N3O9P. The van der Waals surface area contributed by atoms with Gasteiger partial charge >= 0.3 is 19.4 Å². The van der Waals surface area contributed by atoms with Crippen LogP contribution in [0.4, 0.5) is 0 Å². The Labute approximate surface area is 172 Å². The average Bonchev–Trinajstić information content (AvgIpc) is 2.90. The first-order chi connectivity index (χ1) is 14.2. The Bertz CT molecular complexity index is 916. The number of aliphatic hydroxyl groups is 1. The molecule has 0 unspecified atom stereocenters. The molecule has 3 N–H and O–H groups in total. The van der Waals surface area contributed by atoms with Crippen LogP contribution < -0.4 is 16.3 Å². The first-order valence-electron chi connectivity index (χ1n) is 9.72. The number of aliphatic hydroxyl groups excluding tert-OH is 1. The molecule has 2 aliphatic heterocycles. The number of hydrogen-bond donors (Lipinski definition) is 3. The lowest BCUT2D eigenvalue weighted by Gasteiger charge is -2.22. The van der Waals surface area contributed by atoms with E-state index in [0.29, 0.717) is 0 Å². The molecule has 30 heavy (non-hydrogen) atoms. The van der Waals surface area contributed by atoms with Gasteiger partial charge in [0, 0.05) is 18.2 Å². The van der Waals surface area contributed by atoms with Crippen molar-refractivity contribution >= 4 is 13.7 Å². The molecule has 12 nitrogen and oxygen atoms in total. The molecule has 1 aromatic rings. The summed E-state index contributed by atoms with van der Waals surface area (Å²) in [4.78, 5) is 37.3. The van der Waals surface area contributed by atoms with Gasteiger partial charge in [0.15, 0.2) is 6.23 Å². The maximum absolute atomic E-state index is 12.9. The van der Waals surface area contributed by atoms with Crippen LogP contribution in [0.25, 0.3) is 0 Å². The summed E-state index contributed by atoms with van der Waals surface area (Å²) in [6.45, 7) is 3.33. The predicted molar refractivity (Wildman–Crippen MR) is 103 cm³/mol. The highest BCUT2D eigenvalue weighted by Gasteiger charge is 2.49. The number of carbonyl (C=O) groups is 1. The zero-order chi connectivity index (χ0) is 21.9. The number of rotatable bonds is 7. The number of aromatic nitrogens is 2. The Hall–Kier alpha value is -1.82. The van der Waals surface area contributed by atoms with Gasteiger partial charge in [0.2, 0.25) is 0 Å². The number of fused-ring (bicyclic) bond motifs is 1. The van der Waals surface area contributed by atoms with Gasteiger partial charge in [-0.15, -0.1) is 0 Å². The van der Waals surface area contributed by atoms with E-state index >= 15 is 0 Å². The van der Waals surface area contributed by atoms with Crippen LogP contribution in [0.1, 0.15) is 32.9 Å². The minimum Gasteiger partial charge on any atom is -0.465 e. The molecule has 3 heterocycles. The van der Waals surface area contributed by atoms with Gasteiger partial charge in [0.05, 0.1) is 25.9 Å². The molecular weight excluding hydrogens is 421 g/mol. The van der Waals surface area contributed by atoms with E-state index in [0.717, 1.165) is 23.5 Å². The van der Waals surface area contributed by atoms with Crippen LogP contribution in [-0.4, -0.2) is 58.7 Å². The van der Waals surface area contributed by atoms with Crippen LogP contribution in [0.15, 0.2) is 21.9 Å². The van der Waals surface area contributed by atoms with E-state index < -0.39 is 55.4 Å². The summed E-state index contributed by atoms with van der Waals surface area (Å²) in [6.07, 6.45) is -0.133. The minimum absolute atomic E-state index is 0.192. The number of hydrogen-bond acceptors (Lipinski definition) is 9. The lowest BCUT2D eigenvalue weighted by Crippen LogP contribution is -2.37. The second-order valence-electron chi connectivity index (χ2n) is 7.20. The maximum Gasteiger partial charge on any atom is 0.406 e. The van der Waals surface area contributed by atoms with E-state index in [1.54, 1.807) is 0 Å². The summed E-state index contributed by atoms with van der Waals surface area (Å²) in [6, 6.07) is 0.210. The van der Waals surface area contributed by atoms with Crippen LogP contribution in [-0.2, 0) is 27.9 Å². The Kier molecular flexibility index (Phi) is 7.27. The third-order valence-corrected chi connectivity index (χ3v) is 6.62. The monoisotopic (exact) mass is 447 g/mol. The number of nitrogens with zero attached hydrogens (tertiary/aromatic N) is 1. The number of carbonyl (C=O) groups excluding carboxylic acids is 1. The molecule has 0 saturated carbocycles. The molecule has 0 amide bonds. The van der Waals surface area contributed by atoms with E-state index in [-0.39, 0.29) is 19.8 Å². The van der Waals surface area contributed by atoms with Gasteiger partial charge in [0.1, 0.15) is 12.1 Å². The molecule has 2 saturated heterocycles. The quantitative estimate of drug-likeness (QED) is 0.292. The molecule has 13 heteroatoms. The summed E-state index contributed by atoms with van der Waals surface area (Å²) in [5.74, 6) is -1.22. The van der Waals surface area contributed by atoms with Gasteiger partial charge in [-0.2, -0.15) is 0 Å². The molecule has 2 aliphatic rings. The van der Waals surface area contributed by atoms with E-state index in [2.05, 4.69) is 10.1 Å². The van der Waals surface area contributed by atoms with Crippen molar-refractivity contribution in [3.8, 4) is 0 Å². The molecule has 0 bridgehead atoms. The van der Waals surface area contributed by atoms with E-state index in [9.17, 15) is 24.1 Å². The van der Waals surface area contributed by atoms with Crippen molar-refractivity contribution in [2.24, 2.45) is 5.92 Å². The molecule has 0 spiro atoms. The normalized spacial score (nSPS) is 32.2. The number of ether oxygens (including phenoxy) is 2. The van der Waals surface area contributed by atoms with E-state index in [1.807, 2.05) is 6.92 Å².